The molecule has 0 unspecified atom stereocenters. The van der Waals surface area contributed by atoms with Gasteiger partial charge in [-0.15, -0.1) is 0 Å². The number of carbonyl (C=O) groups is 2. The van der Waals surface area contributed by atoms with Crippen molar-refractivity contribution in [2.75, 3.05) is 5.32 Å². The van der Waals surface area contributed by atoms with Gasteiger partial charge in [0.1, 0.15) is 5.56 Å². The van der Waals surface area contributed by atoms with Crippen LogP contribution >= 0.6 is 0 Å². The van der Waals surface area contributed by atoms with Gasteiger partial charge in [0.25, 0.3) is 11.5 Å². The fourth-order valence-electron chi connectivity index (χ4n) is 3.60. The molecule has 4 rings (SSSR count). The summed E-state index contributed by atoms with van der Waals surface area (Å²) in [6, 6.07) is 18.5. The summed E-state index contributed by atoms with van der Waals surface area (Å²) in [5, 5.41) is 2.71. The van der Waals surface area contributed by atoms with Crippen LogP contribution in [0.15, 0.2) is 65.5 Å². The lowest BCUT2D eigenvalue weighted by Crippen LogP contribution is -2.29. The topological polar surface area (TPSA) is 79.0 Å². The van der Waals surface area contributed by atoms with Gasteiger partial charge in [0.05, 0.1) is 0 Å². The lowest BCUT2D eigenvalue weighted by atomic mass is 9.81. The Morgan fingerprint density at radius 3 is 2.43 bits per heavy atom. The highest BCUT2D eigenvalue weighted by Gasteiger charge is 2.28. The summed E-state index contributed by atoms with van der Waals surface area (Å²) in [5.74, 6) is -0.550. The second-order valence-corrected chi connectivity index (χ2v) is 7.16. The van der Waals surface area contributed by atoms with Gasteiger partial charge >= 0.3 is 0 Å². The number of benzene rings is 2. The standard InChI is InChI=1S/C23H20N2O3/c1-14-7-9-17(10-8-14)24-22(27)19-13-18-20(25-23(19)28)11-16(12-21(18)26)15-5-3-2-4-6-15/h2-10,13,16H,11-12H2,1H3,(H,24,27)(H,25,28)/t16-/m0/s1. The maximum absolute atomic E-state index is 12.7. The minimum absolute atomic E-state index is 0.0316. The molecule has 2 aromatic carbocycles. The first-order valence-corrected chi connectivity index (χ1v) is 9.23. The Labute approximate surface area is 162 Å². The molecule has 1 atom stereocenters. The molecule has 0 aliphatic heterocycles. The number of H-pyrrole nitrogens is 1. The molecule has 0 radical (unpaired) electrons. The van der Waals surface area contributed by atoms with E-state index in [1.807, 2.05) is 49.4 Å². The predicted molar refractivity (Wildman–Crippen MR) is 108 cm³/mol. The van der Waals surface area contributed by atoms with Crippen LogP contribution in [0.4, 0.5) is 5.69 Å². The molecule has 0 fully saturated rings. The number of hydrogen-bond donors (Lipinski definition) is 2. The molecule has 28 heavy (non-hydrogen) atoms. The fourth-order valence-corrected chi connectivity index (χ4v) is 3.60. The van der Waals surface area contributed by atoms with Crippen LogP contribution in [0.3, 0.4) is 0 Å². The van der Waals surface area contributed by atoms with Gasteiger partial charge in [-0.3, -0.25) is 14.4 Å². The first kappa shape index (κ1) is 17.9. The third-order valence-electron chi connectivity index (χ3n) is 5.13. The molecule has 1 amide bonds. The van der Waals surface area contributed by atoms with Gasteiger partial charge in [-0.1, -0.05) is 48.0 Å². The van der Waals surface area contributed by atoms with Gasteiger partial charge in [0, 0.05) is 23.4 Å². The monoisotopic (exact) mass is 372 g/mol. The minimum atomic E-state index is -0.522. The summed E-state index contributed by atoms with van der Waals surface area (Å²) in [6.45, 7) is 1.95. The van der Waals surface area contributed by atoms with Crippen molar-refractivity contribution in [2.45, 2.75) is 25.7 Å². The van der Waals surface area contributed by atoms with E-state index in [4.69, 9.17) is 0 Å². The minimum Gasteiger partial charge on any atom is -0.325 e. The molecule has 0 bridgehead atoms. The van der Waals surface area contributed by atoms with Crippen molar-refractivity contribution in [2.24, 2.45) is 0 Å². The average Bonchev–Trinajstić information content (AvgIpc) is 2.69. The normalized spacial score (nSPS) is 15.8. The van der Waals surface area contributed by atoms with E-state index >= 15 is 0 Å². The Hall–Kier alpha value is -3.47. The number of aryl methyl sites for hydroxylation is 1. The third kappa shape index (κ3) is 3.51. The van der Waals surface area contributed by atoms with Crippen LogP contribution in [-0.4, -0.2) is 16.7 Å². The van der Waals surface area contributed by atoms with Crippen molar-refractivity contribution in [3.05, 3.63) is 99.0 Å². The maximum Gasteiger partial charge on any atom is 0.261 e. The Balaban J connectivity index is 1.62. The number of pyridine rings is 1. The fraction of sp³-hybridized carbons (Fsp3) is 0.174. The summed E-state index contributed by atoms with van der Waals surface area (Å²) in [4.78, 5) is 40.5. The van der Waals surface area contributed by atoms with Gasteiger partial charge in [-0.05, 0) is 43.0 Å². The lowest BCUT2D eigenvalue weighted by Gasteiger charge is -2.24. The van der Waals surface area contributed by atoms with Gasteiger partial charge in [0.2, 0.25) is 0 Å². The molecule has 0 saturated carbocycles. The quantitative estimate of drug-likeness (QED) is 0.733. The molecule has 0 spiro atoms. The summed E-state index contributed by atoms with van der Waals surface area (Å²) in [5.41, 5.74) is 3.24. The van der Waals surface area contributed by atoms with Crippen molar-refractivity contribution in [1.29, 1.82) is 0 Å². The van der Waals surface area contributed by atoms with Crippen molar-refractivity contribution in [3.8, 4) is 0 Å². The number of Topliss-reactive ketones (excluding diaryl/α,β-unsaturated/α-hetero) is 1. The van der Waals surface area contributed by atoms with Crippen molar-refractivity contribution in [1.82, 2.24) is 4.98 Å². The van der Waals surface area contributed by atoms with Gasteiger partial charge in [-0.2, -0.15) is 0 Å². The van der Waals surface area contributed by atoms with E-state index in [1.54, 1.807) is 12.1 Å². The molecule has 1 aliphatic carbocycles. The van der Waals surface area contributed by atoms with Crippen molar-refractivity contribution in [3.63, 3.8) is 0 Å². The Morgan fingerprint density at radius 1 is 1.00 bits per heavy atom. The molecule has 1 aromatic heterocycles. The molecule has 0 saturated heterocycles. The van der Waals surface area contributed by atoms with Gasteiger partial charge in [0.15, 0.2) is 5.78 Å². The second-order valence-electron chi connectivity index (χ2n) is 7.16. The number of hydrogen-bond acceptors (Lipinski definition) is 3. The summed E-state index contributed by atoms with van der Waals surface area (Å²) >= 11 is 0. The van der Waals surface area contributed by atoms with Crippen LogP contribution in [0.25, 0.3) is 0 Å². The summed E-state index contributed by atoms with van der Waals surface area (Å²) < 4.78 is 0. The molecule has 1 heterocycles. The average molecular weight is 372 g/mol. The predicted octanol–water partition coefficient (Wildman–Crippen LogP) is 3.85. The largest absolute Gasteiger partial charge is 0.325 e. The SMILES string of the molecule is Cc1ccc(NC(=O)c2cc3c([nH]c2=O)C[C@H](c2ccccc2)CC3=O)cc1. The Bertz CT molecular complexity index is 1100. The highest BCUT2D eigenvalue weighted by Crippen LogP contribution is 2.31. The first-order valence-electron chi connectivity index (χ1n) is 9.23. The highest BCUT2D eigenvalue weighted by atomic mass is 16.2. The van der Waals surface area contributed by atoms with E-state index in [0.717, 1.165) is 11.1 Å². The van der Waals surface area contributed by atoms with E-state index < -0.39 is 11.5 Å². The van der Waals surface area contributed by atoms with Crippen LogP contribution in [0.1, 0.15) is 49.9 Å². The lowest BCUT2D eigenvalue weighted by molar-refractivity contribution is 0.0963. The van der Waals surface area contributed by atoms with Crippen LogP contribution in [0.5, 0.6) is 0 Å². The van der Waals surface area contributed by atoms with E-state index in [1.165, 1.54) is 6.07 Å². The number of rotatable bonds is 3. The highest BCUT2D eigenvalue weighted by molar-refractivity contribution is 6.06. The number of aromatic amines is 1. The first-order chi connectivity index (χ1) is 13.5. The zero-order valence-electron chi connectivity index (χ0n) is 15.5. The Kier molecular flexibility index (Phi) is 4.65. The maximum atomic E-state index is 12.7. The van der Waals surface area contributed by atoms with Crippen molar-refractivity contribution >= 4 is 17.4 Å². The van der Waals surface area contributed by atoms with E-state index in [0.29, 0.717) is 29.8 Å². The zero-order chi connectivity index (χ0) is 19.7. The summed E-state index contributed by atoms with van der Waals surface area (Å²) in [6.07, 6.45) is 0.933. The number of ketones is 1. The number of anilines is 1. The van der Waals surface area contributed by atoms with Gasteiger partial charge < -0.3 is 10.3 Å². The molecular weight excluding hydrogens is 352 g/mol. The number of aromatic nitrogens is 1. The van der Waals surface area contributed by atoms with E-state index in [-0.39, 0.29) is 17.3 Å². The number of amides is 1. The van der Waals surface area contributed by atoms with Crippen LogP contribution in [-0.2, 0) is 6.42 Å². The molecule has 140 valence electrons. The molecule has 3 aromatic rings. The van der Waals surface area contributed by atoms with Crippen LogP contribution < -0.4 is 10.9 Å². The number of fused-ring (bicyclic) bond motifs is 1. The van der Waals surface area contributed by atoms with Crippen LogP contribution in [0.2, 0.25) is 0 Å². The van der Waals surface area contributed by atoms with Crippen LogP contribution in [0, 0.1) is 6.92 Å². The van der Waals surface area contributed by atoms with Gasteiger partial charge in [-0.25, -0.2) is 0 Å². The third-order valence-corrected chi connectivity index (χ3v) is 5.13. The molecule has 1 aliphatic rings. The zero-order valence-corrected chi connectivity index (χ0v) is 15.5. The van der Waals surface area contributed by atoms with E-state index in [9.17, 15) is 14.4 Å². The molecule has 2 N–H and O–H groups in total. The number of nitrogens with one attached hydrogen (secondary N) is 2. The molecule has 5 nitrogen and oxygen atoms in total. The second kappa shape index (κ2) is 7.27. The van der Waals surface area contributed by atoms with Crippen molar-refractivity contribution < 1.29 is 9.59 Å². The smallest absolute Gasteiger partial charge is 0.261 e. The van der Waals surface area contributed by atoms with E-state index in [2.05, 4.69) is 10.3 Å². The molecule has 5 heteroatoms. The molecular formula is C23H20N2O3. The Morgan fingerprint density at radius 2 is 1.71 bits per heavy atom. The number of carbonyl (C=O) groups excluding carboxylic acids is 2. The summed E-state index contributed by atoms with van der Waals surface area (Å²) in [7, 11) is 0.